The van der Waals surface area contributed by atoms with Crippen LogP contribution >= 0.6 is 15.9 Å². The Hall–Kier alpha value is -1.86. The summed E-state index contributed by atoms with van der Waals surface area (Å²) in [5.41, 5.74) is 0.912. The van der Waals surface area contributed by atoms with Crippen molar-refractivity contribution in [2.24, 2.45) is 0 Å². The maximum Gasteiger partial charge on any atom is 0.260 e. The lowest BCUT2D eigenvalue weighted by atomic mass is 10.3. The van der Waals surface area contributed by atoms with Crippen molar-refractivity contribution in [3.8, 4) is 11.6 Å². The standard InChI is InChI=1S/C15H18BrN3O3/c1-11(14(20)17-8-9-21-2)22-15-13(16)10-19(18-15)12-6-4-3-5-7-12/h3-7,10-11H,8-9H2,1-2H3,(H,17,20). The van der Waals surface area contributed by atoms with Gasteiger partial charge in [0.25, 0.3) is 5.91 Å². The van der Waals surface area contributed by atoms with E-state index >= 15 is 0 Å². The lowest BCUT2D eigenvalue weighted by Crippen LogP contribution is -2.38. The zero-order valence-corrected chi connectivity index (χ0v) is 14.0. The van der Waals surface area contributed by atoms with Crippen LogP contribution in [0.25, 0.3) is 5.69 Å². The van der Waals surface area contributed by atoms with Gasteiger partial charge in [0.15, 0.2) is 6.10 Å². The summed E-state index contributed by atoms with van der Waals surface area (Å²) in [6.07, 6.45) is 1.15. The minimum absolute atomic E-state index is 0.210. The minimum Gasteiger partial charge on any atom is -0.463 e. The topological polar surface area (TPSA) is 65.4 Å². The number of hydrogen-bond acceptors (Lipinski definition) is 4. The predicted molar refractivity (Wildman–Crippen MR) is 86.2 cm³/mol. The van der Waals surface area contributed by atoms with Crippen molar-refractivity contribution in [1.82, 2.24) is 15.1 Å². The summed E-state index contributed by atoms with van der Waals surface area (Å²) >= 11 is 3.40. The van der Waals surface area contributed by atoms with Gasteiger partial charge in [-0.05, 0) is 35.0 Å². The number of carbonyl (C=O) groups is 1. The number of rotatable bonds is 7. The molecule has 0 spiro atoms. The van der Waals surface area contributed by atoms with E-state index in [1.165, 1.54) is 0 Å². The molecule has 0 aliphatic heterocycles. The van der Waals surface area contributed by atoms with Crippen molar-refractivity contribution >= 4 is 21.8 Å². The molecule has 0 saturated heterocycles. The quantitative estimate of drug-likeness (QED) is 0.761. The number of aromatic nitrogens is 2. The monoisotopic (exact) mass is 367 g/mol. The Balaban J connectivity index is 2.01. The van der Waals surface area contributed by atoms with Gasteiger partial charge in [-0.1, -0.05) is 18.2 Å². The average Bonchev–Trinajstić information content (AvgIpc) is 2.89. The average molecular weight is 368 g/mol. The molecule has 2 aromatic rings. The fourth-order valence-electron chi connectivity index (χ4n) is 1.77. The van der Waals surface area contributed by atoms with E-state index in [0.717, 1.165) is 5.69 Å². The number of carbonyl (C=O) groups excluding carboxylic acids is 1. The van der Waals surface area contributed by atoms with Gasteiger partial charge in [-0.3, -0.25) is 4.79 Å². The molecule has 1 atom stereocenters. The molecule has 0 fully saturated rings. The Kier molecular flexibility index (Phi) is 5.97. The van der Waals surface area contributed by atoms with E-state index in [9.17, 15) is 4.79 Å². The minimum atomic E-state index is -0.646. The molecule has 0 aliphatic carbocycles. The van der Waals surface area contributed by atoms with Crippen LogP contribution in [-0.4, -0.2) is 42.1 Å². The van der Waals surface area contributed by atoms with Gasteiger partial charge >= 0.3 is 0 Å². The van der Waals surface area contributed by atoms with Crippen LogP contribution in [0.5, 0.6) is 5.88 Å². The van der Waals surface area contributed by atoms with Crippen LogP contribution in [0.15, 0.2) is 41.0 Å². The van der Waals surface area contributed by atoms with E-state index in [0.29, 0.717) is 23.5 Å². The first kappa shape index (κ1) is 16.5. The van der Waals surface area contributed by atoms with Gasteiger partial charge in [0, 0.05) is 19.9 Å². The maximum absolute atomic E-state index is 11.9. The molecule has 118 valence electrons. The largest absolute Gasteiger partial charge is 0.463 e. The fraction of sp³-hybridized carbons (Fsp3) is 0.333. The second kappa shape index (κ2) is 7.95. The maximum atomic E-state index is 11.9. The number of nitrogens with one attached hydrogen (secondary N) is 1. The highest BCUT2D eigenvalue weighted by Crippen LogP contribution is 2.25. The van der Waals surface area contributed by atoms with Gasteiger partial charge in [-0.15, -0.1) is 5.10 Å². The van der Waals surface area contributed by atoms with Crippen LogP contribution in [-0.2, 0) is 9.53 Å². The highest BCUT2D eigenvalue weighted by atomic mass is 79.9. The zero-order chi connectivity index (χ0) is 15.9. The molecular weight excluding hydrogens is 350 g/mol. The number of hydrogen-bond donors (Lipinski definition) is 1. The third-order valence-corrected chi connectivity index (χ3v) is 3.47. The summed E-state index contributed by atoms with van der Waals surface area (Å²) in [5, 5.41) is 7.06. The molecule has 6 nitrogen and oxygen atoms in total. The van der Waals surface area contributed by atoms with Gasteiger partial charge < -0.3 is 14.8 Å². The van der Waals surface area contributed by atoms with E-state index in [4.69, 9.17) is 9.47 Å². The van der Waals surface area contributed by atoms with Crippen LogP contribution < -0.4 is 10.1 Å². The Morgan fingerprint density at radius 2 is 2.14 bits per heavy atom. The Morgan fingerprint density at radius 1 is 1.41 bits per heavy atom. The highest BCUT2D eigenvalue weighted by molar-refractivity contribution is 9.10. The number of para-hydroxylation sites is 1. The molecule has 0 radical (unpaired) electrons. The van der Waals surface area contributed by atoms with Gasteiger partial charge in [0.2, 0.25) is 5.88 Å². The molecule has 1 aromatic carbocycles. The molecular formula is C15H18BrN3O3. The van der Waals surface area contributed by atoms with Gasteiger partial charge in [-0.25, -0.2) is 4.68 Å². The first-order chi connectivity index (χ1) is 10.6. The summed E-state index contributed by atoms with van der Waals surface area (Å²) in [6.45, 7) is 2.59. The van der Waals surface area contributed by atoms with Crippen molar-refractivity contribution in [3.05, 3.63) is 41.0 Å². The number of nitrogens with zero attached hydrogens (tertiary/aromatic N) is 2. The Bertz CT molecular complexity index is 616. The van der Waals surface area contributed by atoms with Crippen LogP contribution in [0, 0.1) is 0 Å². The van der Waals surface area contributed by atoms with E-state index in [-0.39, 0.29) is 5.91 Å². The molecule has 7 heteroatoms. The Labute approximate surface area is 137 Å². The van der Waals surface area contributed by atoms with Crippen LogP contribution in [0.4, 0.5) is 0 Å². The number of ether oxygens (including phenoxy) is 2. The molecule has 0 saturated carbocycles. The summed E-state index contributed by atoms with van der Waals surface area (Å²) in [4.78, 5) is 11.9. The SMILES string of the molecule is COCCNC(=O)C(C)Oc1nn(-c2ccccc2)cc1Br. The molecule has 22 heavy (non-hydrogen) atoms. The third kappa shape index (κ3) is 4.32. The number of amides is 1. The molecule has 0 bridgehead atoms. The molecule has 2 rings (SSSR count). The van der Waals surface area contributed by atoms with Crippen molar-refractivity contribution in [2.45, 2.75) is 13.0 Å². The van der Waals surface area contributed by atoms with Crippen molar-refractivity contribution in [1.29, 1.82) is 0 Å². The van der Waals surface area contributed by atoms with Crippen molar-refractivity contribution in [3.63, 3.8) is 0 Å². The van der Waals surface area contributed by atoms with E-state index in [1.54, 1.807) is 24.9 Å². The second-order valence-corrected chi connectivity index (χ2v) is 5.46. The van der Waals surface area contributed by atoms with E-state index in [2.05, 4.69) is 26.3 Å². The molecule has 1 amide bonds. The smallest absolute Gasteiger partial charge is 0.260 e. The molecule has 1 heterocycles. The van der Waals surface area contributed by atoms with E-state index in [1.807, 2.05) is 30.3 Å². The lowest BCUT2D eigenvalue weighted by Gasteiger charge is -2.13. The van der Waals surface area contributed by atoms with E-state index < -0.39 is 6.10 Å². The molecule has 1 N–H and O–H groups in total. The van der Waals surface area contributed by atoms with Crippen molar-refractivity contribution in [2.75, 3.05) is 20.3 Å². The summed E-state index contributed by atoms with van der Waals surface area (Å²) in [5.74, 6) is 0.163. The highest BCUT2D eigenvalue weighted by Gasteiger charge is 2.18. The summed E-state index contributed by atoms with van der Waals surface area (Å²) in [7, 11) is 1.58. The zero-order valence-electron chi connectivity index (χ0n) is 12.5. The predicted octanol–water partition coefficient (Wildman–Crippen LogP) is 2.16. The lowest BCUT2D eigenvalue weighted by molar-refractivity contribution is -0.127. The number of benzene rings is 1. The normalized spacial score (nSPS) is 12.0. The summed E-state index contributed by atoms with van der Waals surface area (Å²) < 4.78 is 12.9. The van der Waals surface area contributed by atoms with Crippen LogP contribution in [0.3, 0.4) is 0 Å². The summed E-state index contributed by atoms with van der Waals surface area (Å²) in [6, 6.07) is 9.66. The van der Waals surface area contributed by atoms with Gasteiger partial charge in [0.1, 0.15) is 0 Å². The van der Waals surface area contributed by atoms with Gasteiger partial charge in [0.05, 0.1) is 16.8 Å². The number of methoxy groups -OCH3 is 1. The first-order valence-electron chi connectivity index (χ1n) is 6.85. The second-order valence-electron chi connectivity index (χ2n) is 4.61. The molecule has 1 unspecified atom stereocenters. The fourth-order valence-corrected chi connectivity index (χ4v) is 2.14. The van der Waals surface area contributed by atoms with Crippen LogP contribution in [0.2, 0.25) is 0 Å². The van der Waals surface area contributed by atoms with Gasteiger partial charge in [-0.2, -0.15) is 0 Å². The van der Waals surface area contributed by atoms with Crippen molar-refractivity contribution < 1.29 is 14.3 Å². The molecule has 1 aromatic heterocycles. The Morgan fingerprint density at radius 3 is 2.82 bits per heavy atom. The first-order valence-corrected chi connectivity index (χ1v) is 7.65. The molecule has 0 aliphatic rings. The van der Waals surface area contributed by atoms with Crippen LogP contribution in [0.1, 0.15) is 6.92 Å². The third-order valence-electron chi connectivity index (χ3n) is 2.92. The number of halogens is 1.